The molecule has 0 bridgehead atoms. The van der Waals surface area contributed by atoms with E-state index in [9.17, 15) is 0 Å². The Kier molecular flexibility index (Phi) is 3.26. The van der Waals surface area contributed by atoms with Gasteiger partial charge in [0.1, 0.15) is 5.84 Å². The fraction of sp³-hybridized carbons (Fsp3) is 0.312. The van der Waals surface area contributed by atoms with Crippen LogP contribution in [0.1, 0.15) is 17.5 Å². The highest BCUT2D eigenvalue weighted by molar-refractivity contribution is 8.13. The summed E-state index contributed by atoms with van der Waals surface area (Å²) in [4.78, 5) is 11.7. The Morgan fingerprint density at radius 3 is 2.77 bits per heavy atom. The number of aromatic nitrogens is 2. The smallest absolute Gasteiger partial charge is 0.171 e. The molecule has 3 heterocycles. The van der Waals surface area contributed by atoms with Crippen LogP contribution >= 0.6 is 11.8 Å². The van der Waals surface area contributed by atoms with Gasteiger partial charge >= 0.3 is 0 Å². The van der Waals surface area contributed by atoms with Crippen LogP contribution in [0, 0.1) is 6.92 Å². The molecular weight excluding hydrogens is 294 g/mol. The van der Waals surface area contributed by atoms with E-state index in [1.165, 1.54) is 5.56 Å². The number of thioether (sulfide) groups is 1. The molecule has 0 unspecified atom stereocenters. The molecule has 0 spiro atoms. The number of nitrogens with zero attached hydrogens (tertiary/aromatic N) is 5. The molecule has 2 aliphatic rings. The first kappa shape index (κ1) is 13.6. The molecule has 4 rings (SSSR count). The van der Waals surface area contributed by atoms with Gasteiger partial charge in [-0.15, -0.1) is 0 Å². The number of benzene rings is 1. The van der Waals surface area contributed by atoms with Crippen LogP contribution in [0.25, 0.3) is 5.69 Å². The summed E-state index contributed by atoms with van der Waals surface area (Å²) in [7, 11) is 0. The predicted molar refractivity (Wildman–Crippen MR) is 91.6 cm³/mol. The van der Waals surface area contributed by atoms with Crippen LogP contribution < -0.4 is 0 Å². The molecule has 0 radical (unpaired) electrons. The van der Waals surface area contributed by atoms with Crippen molar-refractivity contribution in [3.05, 3.63) is 41.6 Å². The van der Waals surface area contributed by atoms with Crippen LogP contribution in [0.15, 0.2) is 40.4 Å². The van der Waals surface area contributed by atoms with Crippen molar-refractivity contribution in [2.24, 2.45) is 9.98 Å². The summed E-state index contributed by atoms with van der Waals surface area (Å²) in [6, 6.07) is 8.34. The van der Waals surface area contributed by atoms with Gasteiger partial charge in [0.2, 0.25) is 0 Å². The molecule has 1 aromatic carbocycles. The van der Waals surface area contributed by atoms with E-state index >= 15 is 0 Å². The molecule has 22 heavy (non-hydrogen) atoms. The largest absolute Gasteiger partial charge is 0.305 e. The predicted octanol–water partition coefficient (Wildman–Crippen LogP) is 3.00. The molecule has 0 amide bonds. The molecule has 6 heteroatoms. The summed E-state index contributed by atoms with van der Waals surface area (Å²) < 4.78 is 1.90. The molecule has 0 saturated carbocycles. The fourth-order valence-electron chi connectivity index (χ4n) is 2.81. The highest BCUT2D eigenvalue weighted by atomic mass is 32.2. The third-order valence-corrected chi connectivity index (χ3v) is 4.61. The zero-order chi connectivity index (χ0) is 15.1. The maximum Gasteiger partial charge on any atom is 0.171 e. The van der Waals surface area contributed by atoms with Gasteiger partial charge < -0.3 is 4.90 Å². The number of hydrogen-bond donors (Lipinski definition) is 0. The summed E-state index contributed by atoms with van der Waals surface area (Å²) >= 11 is 1.66. The second-order valence-electron chi connectivity index (χ2n) is 5.44. The molecular formula is C16H17N5S. The molecule has 2 aromatic rings. The summed E-state index contributed by atoms with van der Waals surface area (Å²) in [6.07, 6.45) is 5.01. The third kappa shape index (κ3) is 2.06. The van der Waals surface area contributed by atoms with Crippen molar-refractivity contribution < 1.29 is 0 Å². The zero-order valence-electron chi connectivity index (χ0n) is 12.7. The van der Waals surface area contributed by atoms with Crippen molar-refractivity contribution >= 4 is 28.6 Å². The number of aliphatic imine (C=N–C) groups is 2. The van der Waals surface area contributed by atoms with Gasteiger partial charge in [0.05, 0.1) is 17.4 Å². The standard InChI is InChI=1S/C16H17N5S/c1-11-4-6-12(7-5-11)21-15-13(10-18-21)14-17-8-3-9-20(14)16(19-15)22-2/h4-7,10H,3,8-9H2,1-2H3. The monoisotopic (exact) mass is 311 g/mol. The number of fused-ring (bicyclic) bond motifs is 3. The van der Waals surface area contributed by atoms with Crippen molar-refractivity contribution in [3.63, 3.8) is 0 Å². The summed E-state index contributed by atoms with van der Waals surface area (Å²) in [5, 5.41) is 5.55. The van der Waals surface area contributed by atoms with Gasteiger partial charge in [-0.3, -0.25) is 4.99 Å². The van der Waals surface area contributed by atoms with Crippen LogP contribution in [-0.2, 0) is 0 Å². The Morgan fingerprint density at radius 1 is 1.18 bits per heavy atom. The lowest BCUT2D eigenvalue weighted by atomic mass is 10.2. The summed E-state index contributed by atoms with van der Waals surface area (Å²) in [5.74, 6) is 1.89. The zero-order valence-corrected chi connectivity index (χ0v) is 13.5. The maximum absolute atomic E-state index is 4.83. The molecule has 0 saturated heterocycles. The molecule has 0 N–H and O–H groups in total. The summed E-state index contributed by atoms with van der Waals surface area (Å²) in [6.45, 7) is 3.94. The third-order valence-electron chi connectivity index (χ3n) is 3.94. The average Bonchev–Trinajstić information content (AvgIpc) is 2.99. The topological polar surface area (TPSA) is 45.8 Å². The minimum Gasteiger partial charge on any atom is -0.305 e. The van der Waals surface area contributed by atoms with E-state index in [2.05, 4.69) is 47.4 Å². The Labute approximate surface area is 133 Å². The van der Waals surface area contributed by atoms with Gasteiger partial charge in [-0.1, -0.05) is 29.5 Å². The Bertz CT molecular complexity index is 772. The Hall–Kier alpha value is -2.08. The van der Waals surface area contributed by atoms with E-state index in [0.717, 1.165) is 47.6 Å². The van der Waals surface area contributed by atoms with E-state index in [1.807, 2.05) is 10.9 Å². The molecule has 2 aliphatic heterocycles. The molecule has 5 nitrogen and oxygen atoms in total. The fourth-order valence-corrected chi connectivity index (χ4v) is 3.39. The molecule has 0 fully saturated rings. The Morgan fingerprint density at radius 2 is 2.00 bits per heavy atom. The van der Waals surface area contributed by atoms with E-state index in [4.69, 9.17) is 9.98 Å². The van der Waals surface area contributed by atoms with Crippen molar-refractivity contribution in [2.45, 2.75) is 13.3 Å². The van der Waals surface area contributed by atoms with Gasteiger partial charge in [-0.05, 0) is 31.7 Å². The van der Waals surface area contributed by atoms with Gasteiger partial charge in [0.15, 0.2) is 11.0 Å². The molecule has 1 aromatic heterocycles. The minimum atomic E-state index is 0.878. The number of aryl methyl sites for hydroxylation is 1. The number of hydrogen-bond acceptors (Lipinski definition) is 5. The van der Waals surface area contributed by atoms with Crippen molar-refractivity contribution in [1.82, 2.24) is 14.7 Å². The van der Waals surface area contributed by atoms with Gasteiger partial charge in [-0.25, -0.2) is 9.67 Å². The van der Waals surface area contributed by atoms with Gasteiger partial charge in [-0.2, -0.15) is 5.10 Å². The average molecular weight is 311 g/mol. The first-order valence-corrected chi connectivity index (χ1v) is 8.60. The summed E-state index contributed by atoms with van der Waals surface area (Å²) in [5.41, 5.74) is 3.29. The van der Waals surface area contributed by atoms with Gasteiger partial charge in [0, 0.05) is 13.1 Å². The van der Waals surface area contributed by atoms with Crippen LogP contribution in [0.2, 0.25) is 0 Å². The van der Waals surface area contributed by atoms with Crippen molar-refractivity contribution in [1.29, 1.82) is 0 Å². The number of amidine groups is 2. The maximum atomic E-state index is 4.83. The molecule has 112 valence electrons. The quantitative estimate of drug-likeness (QED) is 0.813. The van der Waals surface area contributed by atoms with E-state index in [1.54, 1.807) is 11.8 Å². The lowest BCUT2D eigenvalue weighted by Gasteiger charge is -2.32. The van der Waals surface area contributed by atoms with Crippen LogP contribution in [0.3, 0.4) is 0 Å². The number of rotatable bonds is 1. The van der Waals surface area contributed by atoms with E-state index < -0.39 is 0 Å². The first-order chi connectivity index (χ1) is 10.8. The minimum absolute atomic E-state index is 0.878. The molecule has 0 atom stereocenters. The first-order valence-electron chi connectivity index (χ1n) is 7.38. The lowest BCUT2D eigenvalue weighted by Crippen LogP contribution is -2.41. The van der Waals surface area contributed by atoms with E-state index in [0.29, 0.717) is 0 Å². The second kappa shape index (κ2) is 5.28. The van der Waals surface area contributed by atoms with Crippen LogP contribution in [-0.4, -0.2) is 45.0 Å². The normalized spacial score (nSPS) is 16.7. The van der Waals surface area contributed by atoms with Crippen molar-refractivity contribution in [2.75, 3.05) is 19.3 Å². The second-order valence-corrected chi connectivity index (χ2v) is 6.21. The molecule has 0 aliphatic carbocycles. The van der Waals surface area contributed by atoms with Crippen molar-refractivity contribution in [3.8, 4) is 5.69 Å². The van der Waals surface area contributed by atoms with Gasteiger partial charge in [0.25, 0.3) is 0 Å². The Balaban J connectivity index is 1.87. The van der Waals surface area contributed by atoms with E-state index in [-0.39, 0.29) is 0 Å². The van der Waals surface area contributed by atoms with Crippen LogP contribution in [0.4, 0.5) is 5.82 Å². The lowest BCUT2D eigenvalue weighted by molar-refractivity contribution is 0.554. The highest BCUT2D eigenvalue weighted by Gasteiger charge is 2.30. The SMILES string of the molecule is CSC1=Nc2c(cnn2-c2ccc(C)cc2)C2=NCCCN12. The van der Waals surface area contributed by atoms with Crippen LogP contribution in [0.5, 0.6) is 0 Å². The highest BCUT2D eigenvalue weighted by Crippen LogP contribution is 2.32.